The predicted octanol–water partition coefficient (Wildman–Crippen LogP) is 11.4. The molecule has 0 atom stereocenters. The highest BCUT2D eigenvalue weighted by atomic mass is 16.3. The van der Waals surface area contributed by atoms with E-state index in [9.17, 15) is 0 Å². The van der Waals surface area contributed by atoms with Gasteiger partial charge in [0, 0.05) is 32.9 Å². The average molecular weight is 591 g/mol. The van der Waals surface area contributed by atoms with Gasteiger partial charge in [0.05, 0.1) is 11.4 Å². The van der Waals surface area contributed by atoms with Crippen LogP contribution in [0, 0.1) is 0 Å². The van der Waals surface area contributed by atoms with Crippen molar-refractivity contribution >= 4 is 21.9 Å². The van der Waals surface area contributed by atoms with Crippen molar-refractivity contribution in [2.24, 2.45) is 0 Å². The van der Waals surface area contributed by atoms with E-state index >= 15 is 0 Å². The number of fused-ring (bicyclic) bond motifs is 6. The first kappa shape index (κ1) is 26.6. The molecule has 46 heavy (non-hydrogen) atoms. The van der Waals surface area contributed by atoms with E-state index in [1.807, 2.05) is 36.4 Å². The maximum atomic E-state index is 6.55. The summed E-state index contributed by atoms with van der Waals surface area (Å²) in [5.74, 6) is 0.698. The third-order valence-corrected chi connectivity index (χ3v) is 9.49. The Morgan fingerprint density at radius 1 is 0.435 bits per heavy atom. The molecule has 0 unspecified atom stereocenters. The summed E-state index contributed by atoms with van der Waals surface area (Å²) in [5, 5.41) is 2.28. The van der Waals surface area contributed by atoms with Crippen molar-refractivity contribution in [3.8, 4) is 56.2 Å². The van der Waals surface area contributed by atoms with Gasteiger partial charge in [0.1, 0.15) is 11.2 Å². The average Bonchev–Trinajstić information content (AvgIpc) is 3.58. The van der Waals surface area contributed by atoms with Crippen LogP contribution in [0.2, 0.25) is 0 Å². The second-order valence-electron chi connectivity index (χ2n) is 12.7. The molecule has 218 valence electrons. The second kappa shape index (κ2) is 10.1. The Labute approximate surface area is 267 Å². The molecule has 0 radical (unpaired) electrons. The van der Waals surface area contributed by atoms with E-state index in [2.05, 4.69) is 123 Å². The highest BCUT2D eigenvalue weighted by Gasteiger charge is 2.36. The Balaban J connectivity index is 1.14. The van der Waals surface area contributed by atoms with Gasteiger partial charge in [-0.1, -0.05) is 123 Å². The molecule has 0 spiro atoms. The molecule has 1 aliphatic carbocycles. The zero-order valence-corrected chi connectivity index (χ0v) is 25.7. The molecule has 2 aromatic heterocycles. The van der Waals surface area contributed by atoms with E-state index in [-0.39, 0.29) is 5.41 Å². The number of aromatic nitrogens is 2. The molecule has 0 N–H and O–H groups in total. The maximum absolute atomic E-state index is 6.55. The van der Waals surface area contributed by atoms with E-state index in [1.54, 1.807) is 0 Å². The first-order valence-corrected chi connectivity index (χ1v) is 15.7. The molecule has 0 saturated heterocycles. The summed E-state index contributed by atoms with van der Waals surface area (Å²) in [6, 6.07) is 51.0. The topological polar surface area (TPSA) is 38.9 Å². The third-order valence-electron chi connectivity index (χ3n) is 9.49. The molecule has 0 fully saturated rings. The largest absolute Gasteiger partial charge is 0.456 e. The van der Waals surface area contributed by atoms with E-state index in [0.29, 0.717) is 5.82 Å². The number of hydrogen-bond donors (Lipinski definition) is 0. The van der Waals surface area contributed by atoms with Crippen LogP contribution in [0.25, 0.3) is 78.1 Å². The molecule has 0 aliphatic heterocycles. The van der Waals surface area contributed by atoms with E-state index in [0.717, 1.165) is 61.1 Å². The third kappa shape index (κ3) is 4.20. The van der Waals surface area contributed by atoms with Crippen LogP contribution in [0.3, 0.4) is 0 Å². The van der Waals surface area contributed by atoms with Gasteiger partial charge >= 0.3 is 0 Å². The smallest absolute Gasteiger partial charge is 0.160 e. The molecule has 3 nitrogen and oxygen atoms in total. The summed E-state index contributed by atoms with van der Waals surface area (Å²) in [4.78, 5) is 10.1. The first-order valence-electron chi connectivity index (χ1n) is 15.7. The fourth-order valence-electron chi connectivity index (χ4n) is 7.08. The fraction of sp³-hybridized carbons (Fsp3) is 0.0698. The van der Waals surface area contributed by atoms with Gasteiger partial charge in [-0.15, -0.1) is 0 Å². The SMILES string of the molecule is CC1(C)c2ccccc2-c2cc3c(cc21)oc1cc(-c2cccc(-c4nc(-c5ccccc5)cc(-c5ccccc5)n4)c2)ccc13. The lowest BCUT2D eigenvalue weighted by Gasteiger charge is -2.21. The Kier molecular flexibility index (Phi) is 5.85. The lowest BCUT2D eigenvalue weighted by molar-refractivity contribution is 0.647. The Morgan fingerprint density at radius 3 is 1.78 bits per heavy atom. The Bertz CT molecular complexity index is 2380. The minimum Gasteiger partial charge on any atom is -0.456 e. The first-order chi connectivity index (χ1) is 22.5. The highest BCUT2D eigenvalue weighted by Crippen LogP contribution is 2.50. The normalized spacial score (nSPS) is 13.2. The summed E-state index contributed by atoms with van der Waals surface area (Å²) in [6.45, 7) is 4.61. The lowest BCUT2D eigenvalue weighted by Crippen LogP contribution is -2.14. The summed E-state index contributed by atoms with van der Waals surface area (Å²) in [7, 11) is 0. The molecule has 9 rings (SSSR count). The molecular formula is C43H30N2O. The summed E-state index contributed by atoms with van der Waals surface area (Å²) >= 11 is 0. The molecule has 0 saturated carbocycles. The second-order valence-corrected chi connectivity index (χ2v) is 12.7. The Morgan fingerprint density at radius 2 is 1.04 bits per heavy atom. The van der Waals surface area contributed by atoms with Crippen LogP contribution in [0.15, 0.2) is 150 Å². The van der Waals surface area contributed by atoms with Crippen molar-refractivity contribution < 1.29 is 4.42 Å². The molecular weight excluding hydrogens is 560 g/mol. The van der Waals surface area contributed by atoms with Gasteiger partial charge < -0.3 is 4.42 Å². The minimum atomic E-state index is -0.0645. The molecule has 8 aromatic rings. The van der Waals surface area contributed by atoms with Gasteiger partial charge in [0.2, 0.25) is 0 Å². The lowest BCUT2D eigenvalue weighted by atomic mass is 9.82. The van der Waals surface area contributed by atoms with Crippen LogP contribution >= 0.6 is 0 Å². The number of furan rings is 1. The van der Waals surface area contributed by atoms with Crippen molar-refractivity contribution in [2.75, 3.05) is 0 Å². The van der Waals surface area contributed by atoms with Crippen LogP contribution in [0.5, 0.6) is 0 Å². The molecule has 1 aliphatic rings. The van der Waals surface area contributed by atoms with Gasteiger partial charge in [-0.2, -0.15) is 0 Å². The maximum Gasteiger partial charge on any atom is 0.160 e. The summed E-state index contributed by atoms with van der Waals surface area (Å²) < 4.78 is 6.55. The number of rotatable bonds is 4. The van der Waals surface area contributed by atoms with Crippen LogP contribution in [-0.2, 0) is 5.41 Å². The monoisotopic (exact) mass is 590 g/mol. The van der Waals surface area contributed by atoms with Crippen LogP contribution < -0.4 is 0 Å². The van der Waals surface area contributed by atoms with Crippen molar-refractivity contribution in [1.82, 2.24) is 9.97 Å². The van der Waals surface area contributed by atoms with Crippen LogP contribution in [-0.4, -0.2) is 9.97 Å². The van der Waals surface area contributed by atoms with Gasteiger partial charge in [-0.25, -0.2) is 9.97 Å². The number of hydrogen-bond acceptors (Lipinski definition) is 3. The molecule has 6 aromatic carbocycles. The summed E-state index contributed by atoms with van der Waals surface area (Å²) in [6.07, 6.45) is 0. The summed E-state index contributed by atoms with van der Waals surface area (Å²) in [5.41, 5.74) is 14.1. The van der Waals surface area contributed by atoms with Gasteiger partial charge in [-0.05, 0) is 69.8 Å². The van der Waals surface area contributed by atoms with E-state index in [4.69, 9.17) is 14.4 Å². The molecule has 3 heteroatoms. The highest BCUT2D eigenvalue weighted by molar-refractivity contribution is 6.08. The standard InChI is InChI=1S/C43H30N2O/c1-43(2)36-19-10-9-18-32(36)34-24-35-33-21-20-30(23-40(33)46-41(35)25-37(34)43)29-16-11-17-31(22-29)42-44-38(27-12-5-3-6-13-27)26-39(45-42)28-14-7-4-8-15-28/h3-26H,1-2H3. The minimum absolute atomic E-state index is 0.0645. The quantitative estimate of drug-likeness (QED) is 0.205. The zero-order chi connectivity index (χ0) is 30.8. The van der Waals surface area contributed by atoms with E-state index < -0.39 is 0 Å². The predicted molar refractivity (Wildman–Crippen MR) is 189 cm³/mol. The number of nitrogens with zero attached hydrogens (tertiary/aromatic N) is 2. The molecule has 2 heterocycles. The molecule has 0 amide bonds. The van der Waals surface area contributed by atoms with Crippen molar-refractivity contribution in [2.45, 2.75) is 19.3 Å². The zero-order valence-electron chi connectivity index (χ0n) is 25.7. The van der Waals surface area contributed by atoms with Gasteiger partial charge in [0.25, 0.3) is 0 Å². The van der Waals surface area contributed by atoms with Gasteiger partial charge in [0.15, 0.2) is 5.82 Å². The van der Waals surface area contributed by atoms with Crippen molar-refractivity contribution in [1.29, 1.82) is 0 Å². The Hall–Kier alpha value is -5.80. The number of benzene rings is 6. The molecule has 0 bridgehead atoms. The van der Waals surface area contributed by atoms with Crippen molar-refractivity contribution in [3.63, 3.8) is 0 Å². The van der Waals surface area contributed by atoms with Crippen molar-refractivity contribution in [3.05, 3.63) is 157 Å². The van der Waals surface area contributed by atoms with E-state index in [1.165, 1.54) is 22.3 Å². The van der Waals surface area contributed by atoms with Crippen LogP contribution in [0.4, 0.5) is 0 Å². The fourth-order valence-corrected chi connectivity index (χ4v) is 7.08. The van der Waals surface area contributed by atoms with Gasteiger partial charge in [-0.3, -0.25) is 0 Å². The van der Waals surface area contributed by atoms with Crippen LogP contribution in [0.1, 0.15) is 25.0 Å².